The number of rotatable bonds is 12. The number of hydrogen-bond donors (Lipinski definition) is 0. The number of aryl methyl sites for hydroxylation is 1. The summed E-state index contributed by atoms with van der Waals surface area (Å²) < 4.78 is 117. The first-order valence-corrected chi connectivity index (χ1v) is 17.0. The molecule has 0 aliphatic carbocycles. The van der Waals surface area contributed by atoms with E-state index in [1.54, 1.807) is 0 Å². The van der Waals surface area contributed by atoms with Crippen LogP contribution in [-0.2, 0) is 37.6 Å². The van der Waals surface area contributed by atoms with Gasteiger partial charge in [-0.25, -0.2) is 21.4 Å². The molecule has 1 aromatic rings. The molecule has 0 aliphatic heterocycles. The van der Waals surface area contributed by atoms with E-state index in [4.69, 9.17) is 4.43 Å². The summed E-state index contributed by atoms with van der Waals surface area (Å²) in [7, 11) is -14.9. The Morgan fingerprint density at radius 1 is 0.886 bits per heavy atom. The van der Waals surface area contributed by atoms with Crippen LogP contribution in [0.25, 0.3) is 4.13 Å². The first kappa shape index (κ1) is 33.8. The molecule has 0 N–H and O–H groups in total. The molecule has 7 nitrogen and oxygen atoms in total. The van der Waals surface area contributed by atoms with Gasteiger partial charge in [0.2, 0.25) is 0 Å². The van der Waals surface area contributed by atoms with Gasteiger partial charge in [0.25, 0.3) is 0 Å². The van der Waals surface area contributed by atoms with Crippen molar-refractivity contribution < 1.29 is 52.2 Å². The van der Waals surface area contributed by atoms with Crippen LogP contribution in [0.5, 0.6) is 0 Å². The van der Waals surface area contributed by atoms with Gasteiger partial charge in [-0.2, -0.15) is 26.3 Å². The van der Waals surface area contributed by atoms with Crippen molar-refractivity contribution in [3.63, 3.8) is 0 Å². The Morgan fingerprint density at radius 2 is 1.37 bits per heavy atom. The Hall–Kier alpha value is -1.23. The van der Waals surface area contributed by atoms with E-state index in [-0.39, 0.29) is 0 Å². The highest BCUT2D eigenvalue weighted by Gasteiger charge is 2.46. The number of hydrogen-bond acceptors (Lipinski definition) is 5. The number of halogens is 6. The summed E-state index contributed by atoms with van der Waals surface area (Å²) in [5.41, 5.74) is -11.1. The number of pyridine rings is 1. The van der Waals surface area contributed by atoms with Crippen LogP contribution >= 0.6 is 0 Å². The summed E-state index contributed by atoms with van der Waals surface area (Å²) in [6, 6.07) is 4.30. The maximum atomic E-state index is 11.4. The fourth-order valence-electron chi connectivity index (χ4n) is 2.39. The molecule has 0 unspecified atom stereocenters. The monoisotopic (exact) mass is 574 g/mol. The van der Waals surface area contributed by atoms with E-state index in [2.05, 4.69) is 55.7 Å². The lowest BCUT2D eigenvalue weighted by Crippen LogP contribution is -2.33. The zero-order valence-electron chi connectivity index (χ0n) is 20.0. The average Bonchev–Trinajstić information content (AvgIpc) is 2.67. The van der Waals surface area contributed by atoms with Gasteiger partial charge in [0.15, 0.2) is 40.8 Å². The van der Waals surface area contributed by atoms with Crippen molar-refractivity contribution in [1.29, 1.82) is 0 Å². The van der Waals surface area contributed by atoms with E-state index in [0.29, 0.717) is 0 Å². The molecule has 0 saturated heterocycles. The summed E-state index contributed by atoms with van der Waals surface area (Å²) in [5, 5.41) is 0. The zero-order valence-corrected chi connectivity index (χ0v) is 22.6. The predicted molar refractivity (Wildman–Crippen MR) is 121 cm³/mol. The minimum absolute atomic E-state index is 0.757. The van der Waals surface area contributed by atoms with E-state index in [9.17, 15) is 43.2 Å². The summed E-state index contributed by atoms with van der Waals surface area (Å²) in [6.45, 7) is 10.9. The molecule has 0 spiro atoms. The molecule has 0 bridgehead atoms. The standard InChI is InChI=1S/C17H32NOSi.C2F6NO4S2/c1-5-6-7-8-9-10-13-18-14-11-12-17(15-18)16-19-20(2,3)4;3-1(4,5)14(10,11)9-15(12,13)2(6,7)8/h11-12,14-15H,5-10,13,16H2,1-4H3;/q+1;-1. The highest BCUT2D eigenvalue weighted by atomic mass is 32.3. The van der Waals surface area contributed by atoms with Gasteiger partial charge in [0.1, 0.15) is 6.54 Å². The molecule has 1 rings (SSSR count). The number of alkyl halides is 6. The highest BCUT2D eigenvalue weighted by molar-refractivity contribution is 8.13. The summed E-state index contributed by atoms with van der Waals surface area (Å²) in [5.74, 6) is 0. The minimum Gasteiger partial charge on any atom is -0.421 e. The normalized spacial score (nSPS) is 13.3. The van der Waals surface area contributed by atoms with Crippen LogP contribution in [0.2, 0.25) is 19.6 Å². The lowest BCUT2D eigenvalue weighted by Gasteiger charge is -2.22. The van der Waals surface area contributed by atoms with Crippen molar-refractivity contribution in [3.8, 4) is 0 Å². The van der Waals surface area contributed by atoms with Gasteiger partial charge >= 0.3 is 11.0 Å². The maximum absolute atomic E-state index is 11.4. The van der Waals surface area contributed by atoms with Crippen molar-refractivity contribution in [3.05, 3.63) is 34.2 Å². The second kappa shape index (κ2) is 13.9. The number of unbranched alkanes of at least 4 members (excludes halogenated alkanes) is 5. The van der Waals surface area contributed by atoms with Gasteiger partial charge in [-0.15, -0.1) is 0 Å². The van der Waals surface area contributed by atoms with Gasteiger partial charge in [-0.3, -0.25) is 0 Å². The van der Waals surface area contributed by atoms with Gasteiger partial charge in [0.05, 0.1) is 6.61 Å². The third kappa shape index (κ3) is 14.2. The van der Waals surface area contributed by atoms with Crippen LogP contribution in [0.15, 0.2) is 24.5 Å². The molecule has 1 heterocycles. The van der Waals surface area contributed by atoms with E-state index < -0.39 is 39.4 Å². The molecule has 0 fully saturated rings. The average molecular weight is 575 g/mol. The van der Waals surface area contributed by atoms with Gasteiger partial charge in [-0.1, -0.05) is 32.6 Å². The molecule has 0 saturated carbocycles. The number of aromatic nitrogens is 1. The van der Waals surface area contributed by atoms with Crippen LogP contribution in [0.4, 0.5) is 26.3 Å². The quantitative estimate of drug-likeness (QED) is 0.137. The molecule has 1 aromatic heterocycles. The largest absolute Gasteiger partial charge is 0.480 e. The van der Waals surface area contributed by atoms with Gasteiger partial charge < -0.3 is 8.55 Å². The molecule has 0 aromatic carbocycles. The topological polar surface area (TPSA) is 95.5 Å². The Labute approximate surface area is 204 Å². The fraction of sp³-hybridized carbons (Fsp3) is 0.737. The molecule has 0 atom stereocenters. The van der Waals surface area contributed by atoms with Gasteiger partial charge in [-0.05, 0) is 32.1 Å². The molecule has 0 aliphatic rings. The molecular weight excluding hydrogens is 542 g/mol. The second-order valence-corrected chi connectivity index (χ2v) is 16.5. The molecule has 0 radical (unpaired) electrons. The Kier molecular flexibility index (Phi) is 13.4. The molecule has 206 valence electrons. The Bertz CT molecular complexity index is 937. The summed E-state index contributed by atoms with van der Waals surface area (Å²) in [6.07, 6.45) is 12.5. The number of sulfonamides is 2. The maximum Gasteiger partial charge on any atom is 0.480 e. The summed E-state index contributed by atoms with van der Waals surface area (Å²) in [4.78, 5) is 0. The second-order valence-electron chi connectivity index (χ2n) is 8.53. The molecule has 16 heteroatoms. The Balaban J connectivity index is 0.000000691. The van der Waals surface area contributed by atoms with E-state index in [1.807, 2.05) is 0 Å². The third-order valence-electron chi connectivity index (χ3n) is 4.14. The first-order valence-electron chi connectivity index (χ1n) is 10.7. The lowest BCUT2D eigenvalue weighted by molar-refractivity contribution is -0.697. The van der Waals surface area contributed by atoms with Crippen LogP contribution in [0.1, 0.15) is 51.0 Å². The van der Waals surface area contributed by atoms with Crippen molar-refractivity contribution >= 4 is 28.4 Å². The number of nitrogens with zero attached hydrogens (tertiary/aromatic N) is 2. The highest BCUT2D eigenvalue weighted by Crippen LogP contribution is 2.36. The third-order valence-corrected chi connectivity index (χ3v) is 7.89. The Morgan fingerprint density at radius 3 is 1.83 bits per heavy atom. The first-order chi connectivity index (χ1) is 15.7. The summed E-state index contributed by atoms with van der Waals surface area (Å²) >= 11 is 0. The van der Waals surface area contributed by atoms with Crippen LogP contribution in [0.3, 0.4) is 0 Å². The SMILES string of the molecule is CCCCCCCC[n+]1cccc(CO[Si](C)(C)C)c1.O=S(=O)([N-]S(=O)(=O)C(F)(F)F)C(F)(F)F. The van der Waals surface area contributed by atoms with Crippen LogP contribution in [-0.4, -0.2) is 36.2 Å². The van der Waals surface area contributed by atoms with Crippen LogP contribution in [0, 0.1) is 0 Å². The zero-order chi connectivity index (χ0) is 27.6. The van der Waals surface area contributed by atoms with E-state index in [0.717, 1.165) is 17.3 Å². The van der Waals surface area contributed by atoms with Crippen molar-refractivity contribution in [2.75, 3.05) is 0 Å². The smallest absolute Gasteiger partial charge is 0.421 e. The fourth-order valence-corrected chi connectivity index (χ4v) is 4.70. The van der Waals surface area contributed by atoms with Crippen molar-refractivity contribution in [2.45, 2.75) is 89.3 Å². The minimum atomic E-state index is -6.72. The molecule has 0 amide bonds. The lowest BCUT2D eigenvalue weighted by atomic mass is 10.1. The van der Waals surface area contributed by atoms with E-state index >= 15 is 0 Å². The van der Waals surface area contributed by atoms with Crippen LogP contribution < -0.4 is 4.57 Å². The van der Waals surface area contributed by atoms with Gasteiger partial charge in [0, 0.05) is 18.1 Å². The molecule has 35 heavy (non-hydrogen) atoms. The van der Waals surface area contributed by atoms with Crippen molar-refractivity contribution in [2.24, 2.45) is 0 Å². The molecular formula is C19H32F6N2O5S2Si. The van der Waals surface area contributed by atoms with Crippen molar-refractivity contribution in [1.82, 2.24) is 0 Å². The predicted octanol–water partition coefficient (Wildman–Crippen LogP) is 5.75. The van der Waals surface area contributed by atoms with E-state index in [1.165, 1.54) is 44.1 Å².